The van der Waals surface area contributed by atoms with E-state index in [0.29, 0.717) is 0 Å². The Hall–Kier alpha value is -1.87. The standard InChI is InChI=1S/C14H17N3/c15-14-3-1-13(2-4-14)11-17-10-7-12-5-8-16-9-6-12/h1-6,8-9,17H,7,10-11,15H2. The topological polar surface area (TPSA) is 50.9 Å². The highest BCUT2D eigenvalue weighted by molar-refractivity contribution is 5.39. The number of benzene rings is 1. The molecule has 0 saturated heterocycles. The van der Waals surface area contributed by atoms with Crippen LogP contribution in [0.2, 0.25) is 0 Å². The molecular formula is C14H17N3. The summed E-state index contributed by atoms with van der Waals surface area (Å²) in [7, 11) is 0. The van der Waals surface area contributed by atoms with Crippen LogP contribution in [0.4, 0.5) is 5.69 Å². The lowest BCUT2D eigenvalue weighted by atomic mass is 10.2. The van der Waals surface area contributed by atoms with Crippen molar-refractivity contribution in [3.8, 4) is 0 Å². The highest BCUT2D eigenvalue weighted by Crippen LogP contribution is 2.04. The summed E-state index contributed by atoms with van der Waals surface area (Å²) in [5.74, 6) is 0. The van der Waals surface area contributed by atoms with Crippen LogP contribution < -0.4 is 11.1 Å². The van der Waals surface area contributed by atoms with Gasteiger partial charge in [-0.15, -0.1) is 0 Å². The van der Waals surface area contributed by atoms with E-state index < -0.39 is 0 Å². The zero-order valence-corrected chi connectivity index (χ0v) is 9.76. The molecule has 0 aliphatic carbocycles. The number of nitrogens with one attached hydrogen (secondary N) is 1. The highest BCUT2D eigenvalue weighted by atomic mass is 14.8. The number of aromatic nitrogens is 1. The predicted molar refractivity (Wildman–Crippen MR) is 70.5 cm³/mol. The van der Waals surface area contributed by atoms with Gasteiger partial charge in [-0.25, -0.2) is 0 Å². The Balaban J connectivity index is 1.71. The fourth-order valence-corrected chi connectivity index (χ4v) is 1.65. The maximum absolute atomic E-state index is 5.63. The van der Waals surface area contributed by atoms with E-state index in [-0.39, 0.29) is 0 Å². The van der Waals surface area contributed by atoms with E-state index >= 15 is 0 Å². The Bertz CT molecular complexity index is 437. The van der Waals surface area contributed by atoms with Crippen molar-refractivity contribution < 1.29 is 0 Å². The number of pyridine rings is 1. The van der Waals surface area contributed by atoms with Gasteiger partial charge in [0.05, 0.1) is 0 Å². The van der Waals surface area contributed by atoms with E-state index in [9.17, 15) is 0 Å². The van der Waals surface area contributed by atoms with E-state index in [4.69, 9.17) is 5.73 Å². The van der Waals surface area contributed by atoms with Crippen LogP contribution >= 0.6 is 0 Å². The van der Waals surface area contributed by atoms with Crippen molar-refractivity contribution in [2.75, 3.05) is 12.3 Å². The average Bonchev–Trinajstić information content (AvgIpc) is 2.38. The van der Waals surface area contributed by atoms with Crippen molar-refractivity contribution in [3.63, 3.8) is 0 Å². The molecule has 3 N–H and O–H groups in total. The molecule has 2 aromatic rings. The number of anilines is 1. The summed E-state index contributed by atoms with van der Waals surface area (Å²) >= 11 is 0. The third kappa shape index (κ3) is 3.89. The minimum absolute atomic E-state index is 0.811. The van der Waals surface area contributed by atoms with E-state index in [0.717, 1.165) is 25.2 Å². The van der Waals surface area contributed by atoms with E-state index in [1.165, 1.54) is 11.1 Å². The van der Waals surface area contributed by atoms with Crippen LogP contribution in [-0.2, 0) is 13.0 Å². The number of hydrogen-bond donors (Lipinski definition) is 2. The Morgan fingerprint density at radius 3 is 2.35 bits per heavy atom. The van der Waals surface area contributed by atoms with Gasteiger partial charge < -0.3 is 11.1 Å². The quantitative estimate of drug-likeness (QED) is 0.606. The lowest BCUT2D eigenvalue weighted by molar-refractivity contribution is 0.686. The van der Waals surface area contributed by atoms with Crippen molar-refractivity contribution in [2.45, 2.75) is 13.0 Å². The van der Waals surface area contributed by atoms with Gasteiger partial charge in [-0.2, -0.15) is 0 Å². The maximum atomic E-state index is 5.63. The molecule has 0 aliphatic rings. The van der Waals surface area contributed by atoms with Gasteiger partial charge in [0.25, 0.3) is 0 Å². The molecule has 0 aliphatic heterocycles. The first-order chi connectivity index (χ1) is 8.34. The fraction of sp³-hybridized carbons (Fsp3) is 0.214. The second-order valence-corrected chi connectivity index (χ2v) is 4.02. The van der Waals surface area contributed by atoms with Crippen LogP contribution in [0, 0.1) is 0 Å². The molecule has 1 aromatic carbocycles. The smallest absolute Gasteiger partial charge is 0.0314 e. The molecule has 0 fully saturated rings. The summed E-state index contributed by atoms with van der Waals surface area (Å²) in [6, 6.07) is 12.1. The number of hydrogen-bond acceptors (Lipinski definition) is 3. The average molecular weight is 227 g/mol. The first-order valence-electron chi connectivity index (χ1n) is 5.78. The molecule has 0 saturated carbocycles. The Morgan fingerprint density at radius 2 is 1.65 bits per heavy atom. The molecule has 0 bridgehead atoms. The molecule has 3 nitrogen and oxygen atoms in total. The number of nitrogens with zero attached hydrogens (tertiary/aromatic N) is 1. The van der Waals surface area contributed by atoms with Gasteiger partial charge in [0, 0.05) is 24.6 Å². The van der Waals surface area contributed by atoms with Gasteiger partial charge in [0.1, 0.15) is 0 Å². The van der Waals surface area contributed by atoms with E-state index in [1.54, 1.807) is 0 Å². The Labute approximate surface area is 102 Å². The van der Waals surface area contributed by atoms with Crippen LogP contribution in [-0.4, -0.2) is 11.5 Å². The molecule has 88 valence electrons. The molecular weight excluding hydrogens is 210 g/mol. The van der Waals surface area contributed by atoms with E-state index in [2.05, 4.69) is 22.4 Å². The number of rotatable bonds is 5. The molecule has 0 unspecified atom stereocenters. The monoisotopic (exact) mass is 227 g/mol. The van der Waals surface area contributed by atoms with Crippen molar-refractivity contribution in [2.24, 2.45) is 0 Å². The van der Waals surface area contributed by atoms with Gasteiger partial charge >= 0.3 is 0 Å². The molecule has 3 heteroatoms. The molecule has 0 radical (unpaired) electrons. The minimum atomic E-state index is 0.811. The molecule has 17 heavy (non-hydrogen) atoms. The van der Waals surface area contributed by atoms with Gasteiger partial charge in [-0.1, -0.05) is 12.1 Å². The first-order valence-corrected chi connectivity index (χ1v) is 5.78. The van der Waals surface area contributed by atoms with Crippen molar-refractivity contribution in [3.05, 3.63) is 59.9 Å². The van der Waals surface area contributed by atoms with Gasteiger partial charge in [-0.05, 0) is 48.4 Å². The molecule has 2 rings (SSSR count). The lowest BCUT2D eigenvalue weighted by Gasteiger charge is -2.05. The summed E-state index contributed by atoms with van der Waals surface area (Å²) < 4.78 is 0. The second-order valence-electron chi connectivity index (χ2n) is 4.02. The minimum Gasteiger partial charge on any atom is -0.399 e. The van der Waals surface area contributed by atoms with Crippen molar-refractivity contribution >= 4 is 5.69 Å². The SMILES string of the molecule is Nc1ccc(CNCCc2ccncc2)cc1. The predicted octanol–water partition coefficient (Wildman–Crippen LogP) is 2.00. The van der Waals surface area contributed by atoms with Crippen LogP contribution in [0.3, 0.4) is 0 Å². The lowest BCUT2D eigenvalue weighted by Crippen LogP contribution is -2.16. The van der Waals surface area contributed by atoms with E-state index in [1.807, 2.05) is 36.7 Å². The summed E-state index contributed by atoms with van der Waals surface area (Å²) in [5, 5.41) is 3.41. The van der Waals surface area contributed by atoms with Crippen LogP contribution in [0.15, 0.2) is 48.8 Å². The zero-order chi connectivity index (χ0) is 11.9. The maximum Gasteiger partial charge on any atom is 0.0314 e. The molecule has 0 spiro atoms. The summed E-state index contributed by atoms with van der Waals surface area (Å²) in [4.78, 5) is 4.00. The summed E-state index contributed by atoms with van der Waals surface area (Å²) in [6.07, 6.45) is 4.68. The molecule has 0 atom stereocenters. The van der Waals surface area contributed by atoms with Gasteiger partial charge in [0.2, 0.25) is 0 Å². The Kier molecular flexibility index (Phi) is 4.11. The van der Waals surface area contributed by atoms with Gasteiger partial charge in [0.15, 0.2) is 0 Å². The summed E-state index contributed by atoms with van der Waals surface area (Å²) in [6.45, 7) is 1.85. The second kappa shape index (κ2) is 6.01. The number of nitrogens with two attached hydrogens (primary N) is 1. The zero-order valence-electron chi connectivity index (χ0n) is 9.76. The number of nitrogen functional groups attached to an aromatic ring is 1. The molecule has 1 heterocycles. The first kappa shape index (κ1) is 11.6. The summed E-state index contributed by atoms with van der Waals surface area (Å²) in [5.41, 5.74) is 9.01. The van der Waals surface area contributed by atoms with Crippen LogP contribution in [0.25, 0.3) is 0 Å². The van der Waals surface area contributed by atoms with Crippen molar-refractivity contribution in [1.82, 2.24) is 10.3 Å². The molecule has 1 aromatic heterocycles. The van der Waals surface area contributed by atoms with Crippen LogP contribution in [0.1, 0.15) is 11.1 Å². The third-order valence-electron chi connectivity index (χ3n) is 2.65. The highest BCUT2D eigenvalue weighted by Gasteiger charge is 1.94. The van der Waals surface area contributed by atoms with Crippen molar-refractivity contribution in [1.29, 1.82) is 0 Å². The third-order valence-corrected chi connectivity index (χ3v) is 2.65. The fourth-order valence-electron chi connectivity index (χ4n) is 1.65. The molecule has 0 amide bonds. The normalized spacial score (nSPS) is 10.4. The van der Waals surface area contributed by atoms with Gasteiger partial charge in [-0.3, -0.25) is 4.98 Å². The largest absolute Gasteiger partial charge is 0.399 e. The Morgan fingerprint density at radius 1 is 0.941 bits per heavy atom. The van der Waals surface area contributed by atoms with Crippen LogP contribution in [0.5, 0.6) is 0 Å².